The molecule has 0 aliphatic carbocycles. The first-order valence-electron chi connectivity index (χ1n) is 5.11. The fourth-order valence-corrected chi connectivity index (χ4v) is 2.40. The second-order valence-corrected chi connectivity index (χ2v) is 5.49. The quantitative estimate of drug-likeness (QED) is 0.800. The van der Waals surface area contributed by atoms with Crippen LogP contribution in [0, 0.1) is 0 Å². The third-order valence-electron chi connectivity index (χ3n) is 2.31. The standard InChI is InChI=1S/C10H17N3O3S/c1-11-10-8-9(4-5-12-10)17(14,15)13(2)6-7-16-3/h4-5,8H,6-7H2,1-3H3,(H,11,12). The van der Waals surface area contributed by atoms with Gasteiger partial charge < -0.3 is 10.1 Å². The Balaban J connectivity index is 2.95. The Labute approximate surface area is 102 Å². The van der Waals surface area contributed by atoms with Gasteiger partial charge in [0.05, 0.1) is 11.5 Å². The Morgan fingerprint density at radius 3 is 2.82 bits per heavy atom. The summed E-state index contributed by atoms with van der Waals surface area (Å²) in [6.45, 7) is 0.676. The average Bonchev–Trinajstić information content (AvgIpc) is 2.35. The van der Waals surface area contributed by atoms with Gasteiger partial charge in [0.15, 0.2) is 0 Å². The number of nitrogens with one attached hydrogen (secondary N) is 1. The van der Waals surface area contributed by atoms with Crippen molar-refractivity contribution in [1.29, 1.82) is 0 Å². The first-order valence-corrected chi connectivity index (χ1v) is 6.55. The molecule has 0 aliphatic heterocycles. The highest BCUT2D eigenvalue weighted by molar-refractivity contribution is 7.89. The first-order chi connectivity index (χ1) is 8.02. The van der Waals surface area contributed by atoms with Gasteiger partial charge in [-0.3, -0.25) is 0 Å². The molecule has 7 heteroatoms. The maximum absolute atomic E-state index is 12.1. The lowest BCUT2D eigenvalue weighted by atomic mass is 10.5. The van der Waals surface area contributed by atoms with Gasteiger partial charge in [-0.1, -0.05) is 0 Å². The van der Waals surface area contributed by atoms with Crippen molar-refractivity contribution in [3.8, 4) is 0 Å². The summed E-state index contributed by atoms with van der Waals surface area (Å²) in [5, 5.41) is 2.80. The van der Waals surface area contributed by atoms with Gasteiger partial charge in [-0.05, 0) is 6.07 Å². The number of rotatable bonds is 6. The predicted octanol–water partition coefficient (Wildman–Crippen LogP) is 0.390. The van der Waals surface area contributed by atoms with Gasteiger partial charge in [-0.2, -0.15) is 4.31 Å². The Kier molecular flexibility index (Phi) is 4.86. The minimum atomic E-state index is -3.47. The summed E-state index contributed by atoms with van der Waals surface area (Å²) < 4.78 is 30.4. The second kappa shape index (κ2) is 5.95. The second-order valence-electron chi connectivity index (χ2n) is 3.45. The molecule has 6 nitrogen and oxygen atoms in total. The van der Waals surface area contributed by atoms with Crippen LogP contribution < -0.4 is 5.32 Å². The number of aromatic nitrogens is 1. The number of pyridine rings is 1. The van der Waals surface area contributed by atoms with Gasteiger partial charge >= 0.3 is 0 Å². The molecule has 0 atom stereocenters. The third kappa shape index (κ3) is 3.39. The molecule has 0 radical (unpaired) electrons. The van der Waals surface area contributed by atoms with Crippen LogP contribution in [0.5, 0.6) is 0 Å². The van der Waals surface area contributed by atoms with E-state index in [0.29, 0.717) is 19.0 Å². The highest BCUT2D eigenvalue weighted by atomic mass is 32.2. The number of methoxy groups -OCH3 is 1. The Bertz CT molecular complexity index is 462. The smallest absolute Gasteiger partial charge is 0.243 e. The van der Waals surface area contributed by atoms with Crippen LogP contribution >= 0.6 is 0 Å². The fourth-order valence-electron chi connectivity index (χ4n) is 1.23. The van der Waals surface area contributed by atoms with Gasteiger partial charge in [0, 0.05) is 40.0 Å². The lowest BCUT2D eigenvalue weighted by Crippen LogP contribution is -2.30. The summed E-state index contributed by atoms with van der Waals surface area (Å²) in [5.74, 6) is 0.520. The fraction of sp³-hybridized carbons (Fsp3) is 0.500. The van der Waals surface area contributed by atoms with Crippen LogP contribution in [0.4, 0.5) is 5.82 Å². The zero-order valence-electron chi connectivity index (χ0n) is 10.2. The maximum atomic E-state index is 12.1. The third-order valence-corrected chi connectivity index (χ3v) is 4.16. The summed E-state index contributed by atoms with van der Waals surface area (Å²) >= 11 is 0. The van der Waals surface area contributed by atoms with Crippen LogP contribution in [0.1, 0.15) is 0 Å². The summed E-state index contributed by atoms with van der Waals surface area (Å²) in [6.07, 6.45) is 1.46. The van der Waals surface area contributed by atoms with Crippen molar-refractivity contribution in [3.05, 3.63) is 18.3 Å². The molecule has 0 fully saturated rings. The van der Waals surface area contributed by atoms with Crippen molar-refractivity contribution in [2.24, 2.45) is 0 Å². The SMILES string of the molecule is CNc1cc(S(=O)(=O)N(C)CCOC)ccn1. The van der Waals surface area contributed by atoms with E-state index in [9.17, 15) is 8.42 Å². The van der Waals surface area contributed by atoms with E-state index in [1.54, 1.807) is 7.05 Å². The van der Waals surface area contributed by atoms with E-state index in [1.807, 2.05) is 0 Å². The van der Waals surface area contributed by atoms with E-state index in [4.69, 9.17) is 4.74 Å². The molecule has 0 bridgehead atoms. The molecule has 0 saturated carbocycles. The molecule has 1 heterocycles. The van der Waals surface area contributed by atoms with Gasteiger partial charge in [0.1, 0.15) is 5.82 Å². The van der Waals surface area contributed by atoms with Gasteiger partial charge in [-0.25, -0.2) is 13.4 Å². The minimum Gasteiger partial charge on any atom is -0.383 e. The molecule has 0 amide bonds. The lowest BCUT2D eigenvalue weighted by Gasteiger charge is -2.16. The van der Waals surface area contributed by atoms with E-state index in [1.165, 1.54) is 36.8 Å². The first kappa shape index (κ1) is 13.9. The molecule has 0 unspecified atom stereocenters. The van der Waals surface area contributed by atoms with Crippen LogP contribution in [0.3, 0.4) is 0 Å². The van der Waals surface area contributed by atoms with Crippen LogP contribution in [-0.4, -0.2) is 52.1 Å². The summed E-state index contributed by atoms with van der Waals surface area (Å²) in [4.78, 5) is 4.19. The minimum absolute atomic E-state index is 0.218. The highest BCUT2D eigenvalue weighted by Gasteiger charge is 2.20. The molecule has 0 spiro atoms. The molecule has 0 aliphatic rings. The van der Waals surface area contributed by atoms with E-state index >= 15 is 0 Å². The Morgan fingerprint density at radius 1 is 1.53 bits per heavy atom. The van der Waals surface area contributed by atoms with E-state index < -0.39 is 10.0 Å². The van der Waals surface area contributed by atoms with Crippen LogP contribution in [0.15, 0.2) is 23.2 Å². The lowest BCUT2D eigenvalue weighted by molar-refractivity contribution is 0.185. The number of nitrogens with zero attached hydrogens (tertiary/aromatic N) is 2. The number of hydrogen-bond acceptors (Lipinski definition) is 5. The molecule has 1 N–H and O–H groups in total. The molecule has 0 saturated heterocycles. The number of anilines is 1. The summed E-state index contributed by atoms with van der Waals surface area (Å²) in [7, 11) is 1.27. The molecular weight excluding hydrogens is 242 g/mol. The van der Waals surface area contributed by atoms with Crippen molar-refractivity contribution in [2.75, 3.05) is 39.7 Å². The molecule has 1 aromatic heterocycles. The summed E-state index contributed by atoms with van der Waals surface area (Å²) in [5.41, 5.74) is 0. The molecule has 0 aromatic carbocycles. The number of hydrogen-bond donors (Lipinski definition) is 1. The largest absolute Gasteiger partial charge is 0.383 e. The Morgan fingerprint density at radius 2 is 2.24 bits per heavy atom. The highest BCUT2D eigenvalue weighted by Crippen LogP contribution is 2.16. The number of likely N-dealkylation sites (N-methyl/N-ethyl adjacent to an activating group) is 1. The average molecular weight is 259 g/mol. The van der Waals surface area contributed by atoms with Crippen molar-refractivity contribution in [2.45, 2.75) is 4.90 Å². The van der Waals surface area contributed by atoms with Crippen molar-refractivity contribution in [1.82, 2.24) is 9.29 Å². The van der Waals surface area contributed by atoms with Crippen LogP contribution in [0.25, 0.3) is 0 Å². The van der Waals surface area contributed by atoms with Crippen molar-refractivity contribution < 1.29 is 13.2 Å². The van der Waals surface area contributed by atoms with Crippen molar-refractivity contribution >= 4 is 15.8 Å². The molecule has 1 aromatic rings. The normalized spacial score (nSPS) is 11.8. The molecule has 17 heavy (non-hydrogen) atoms. The molecule has 96 valence electrons. The monoisotopic (exact) mass is 259 g/mol. The van der Waals surface area contributed by atoms with Crippen LogP contribution in [-0.2, 0) is 14.8 Å². The summed E-state index contributed by atoms with van der Waals surface area (Å²) in [6, 6.07) is 2.97. The van der Waals surface area contributed by atoms with Gasteiger partial charge in [0.2, 0.25) is 10.0 Å². The van der Waals surface area contributed by atoms with E-state index in [0.717, 1.165) is 0 Å². The predicted molar refractivity (Wildman–Crippen MR) is 65.5 cm³/mol. The zero-order chi connectivity index (χ0) is 12.9. The van der Waals surface area contributed by atoms with E-state index in [2.05, 4.69) is 10.3 Å². The van der Waals surface area contributed by atoms with E-state index in [-0.39, 0.29) is 4.90 Å². The molecule has 1 rings (SSSR count). The topological polar surface area (TPSA) is 71.5 Å². The number of sulfonamides is 1. The van der Waals surface area contributed by atoms with Crippen molar-refractivity contribution in [3.63, 3.8) is 0 Å². The zero-order valence-corrected chi connectivity index (χ0v) is 11.0. The number of ether oxygens (including phenoxy) is 1. The van der Waals surface area contributed by atoms with Gasteiger partial charge in [0.25, 0.3) is 0 Å². The molecular formula is C10H17N3O3S. The Hall–Kier alpha value is -1.18. The van der Waals surface area contributed by atoms with Crippen LogP contribution in [0.2, 0.25) is 0 Å². The maximum Gasteiger partial charge on any atom is 0.243 e. The van der Waals surface area contributed by atoms with Gasteiger partial charge in [-0.15, -0.1) is 0 Å².